The molecule has 0 radical (unpaired) electrons. The molecule has 20 heavy (non-hydrogen) atoms. The molecule has 5 heteroatoms. The maximum atomic E-state index is 12.0. The Kier molecular flexibility index (Phi) is 4.09. The van der Waals surface area contributed by atoms with Gasteiger partial charge in [0.1, 0.15) is 0 Å². The van der Waals surface area contributed by atoms with Crippen LogP contribution in [0.1, 0.15) is 52.9 Å². The third kappa shape index (κ3) is 3.72. The van der Waals surface area contributed by atoms with Gasteiger partial charge in [-0.15, -0.1) is 0 Å². The molecular weight excluding hydrogens is 256 g/mol. The van der Waals surface area contributed by atoms with Gasteiger partial charge in [-0.1, -0.05) is 20.8 Å². The summed E-state index contributed by atoms with van der Waals surface area (Å²) in [5, 5.41) is 15.3. The van der Waals surface area contributed by atoms with E-state index in [9.17, 15) is 14.7 Å². The molecule has 2 atom stereocenters. The van der Waals surface area contributed by atoms with E-state index in [-0.39, 0.29) is 18.1 Å². The summed E-state index contributed by atoms with van der Waals surface area (Å²) in [6, 6.07) is 0.167. The molecule has 2 aliphatic rings. The van der Waals surface area contributed by atoms with Gasteiger partial charge in [-0.3, -0.25) is 9.59 Å². The highest BCUT2D eigenvalue weighted by atomic mass is 16.3. The minimum atomic E-state index is -0.668. The van der Waals surface area contributed by atoms with Crippen LogP contribution in [0.4, 0.5) is 0 Å². The van der Waals surface area contributed by atoms with Gasteiger partial charge in [0, 0.05) is 6.04 Å². The molecule has 2 amide bonds. The van der Waals surface area contributed by atoms with Crippen molar-refractivity contribution >= 4 is 11.8 Å². The van der Waals surface area contributed by atoms with Crippen molar-refractivity contribution in [1.29, 1.82) is 0 Å². The standard InChI is InChI=1S/C15H26N2O3/c1-10-6-14(2,3)8-15(7-10,9-18)17-13(20)12(19)16-11-4-5-11/h10-11,18H,4-9H2,1-3H3,(H,16,19)(H,17,20)/t10-,15+/m1/s1. The van der Waals surface area contributed by atoms with Crippen LogP contribution < -0.4 is 10.6 Å². The maximum absolute atomic E-state index is 12.0. The molecule has 3 N–H and O–H groups in total. The molecule has 2 saturated carbocycles. The number of aliphatic hydroxyl groups excluding tert-OH is 1. The van der Waals surface area contributed by atoms with Crippen molar-refractivity contribution in [2.45, 2.75) is 64.5 Å². The third-order valence-corrected chi connectivity index (χ3v) is 4.26. The van der Waals surface area contributed by atoms with Gasteiger partial charge < -0.3 is 15.7 Å². The number of hydrogen-bond acceptors (Lipinski definition) is 3. The number of aliphatic hydroxyl groups is 1. The van der Waals surface area contributed by atoms with Crippen LogP contribution in [-0.4, -0.2) is 35.1 Å². The van der Waals surface area contributed by atoms with Gasteiger partial charge in [0.25, 0.3) is 0 Å². The van der Waals surface area contributed by atoms with Crippen molar-refractivity contribution in [2.24, 2.45) is 11.3 Å². The summed E-state index contributed by atoms with van der Waals surface area (Å²) in [6.07, 6.45) is 4.39. The molecule has 0 saturated heterocycles. The van der Waals surface area contributed by atoms with Gasteiger partial charge in [0.05, 0.1) is 12.1 Å². The number of carbonyl (C=O) groups excluding carboxylic acids is 2. The first-order chi connectivity index (χ1) is 9.25. The van der Waals surface area contributed by atoms with Crippen molar-refractivity contribution in [3.05, 3.63) is 0 Å². The number of hydrogen-bond donors (Lipinski definition) is 3. The lowest BCUT2D eigenvalue weighted by molar-refractivity contribution is -0.141. The second-order valence-electron chi connectivity index (χ2n) is 7.49. The number of carbonyl (C=O) groups is 2. The van der Waals surface area contributed by atoms with Crippen molar-refractivity contribution in [2.75, 3.05) is 6.61 Å². The quantitative estimate of drug-likeness (QED) is 0.675. The predicted octanol–water partition coefficient (Wildman–Crippen LogP) is 0.958. The van der Waals surface area contributed by atoms with E-state index >= 15 is 0 Å². The van der Waals surface area contributed by atoms with Crippen LogP contribution in [0.15, 0.2) is 0 Å². The predicted molar refractivity (Wildman–Crippen MR) is 75.9 cm³/mol. The fraction of sp³-hybridized carbons (Fsp3) is 0.867. The fourth-order valence-corrected chi connectivity index (χ4v) is 3.77. The molecule has 2 rings (SSSR count). The van der Waals surface area contributed by atoms with E-state index in [1.54, 1.807) is 0 Å². The Morgan fingerprint density at radius 2 is 1.85 bits per heavy atom. The second kappa shape index (κ2) is 5.35. The first-order valence-corrected chi connectivity index (χ1v) is 7.49. The first kappa shape index (κ1) is 15.3. The average molecular weight is 282 g/mol. The lowest BCUT2D eigenvalue weighted by Gasteiger charge is -2.47. The molecule has 0 aromatic heterocycles. The molecular formula is C15H26N2O3. The fourth-order valence-electron chi connectivity index (χ4n) is 3.77. The van der Waals surface area contributed by atoms with Crippen LogP contribution in [0, 0.1) is 11.3 Å². The van der Waals surface area contributed by atoms with Gasteiger partial charge in [-0.2, -0.15) is 0 Å². The van der Waals surface area contributed by atoms with E-state index in [1.807, 2.05) is 0 Å². The molecule has 0 unspecified atom stereocenters. The van der Waals surface area contributed by atoms with E-state index in [0.717, 1.165) is 25.7 Å². The van der Waals surface area contributed by atoms with Gasteiger partial charge in [-0.05, 0) is 43.4 Å². The summed E-state index contributed by atoms with van der Waals surface area (Å²) in [5.74, 6) is -0.773. The number of amides is 2. The van der Waals surface area contributed by atoms with Crippen LogP contribution in [0.2, 0.25) is 0 Å². The SMILES string of the molecule is C[C@@H]1CC(C)(C)C[C@@](CO)(NC(=O)C(=O)NC2CC2)C1. The van der Waals surface area contributed by atoms with Crippen LogP contribution in [0.5, 0.6) is 0 Å². The Morgan fingerprint density at radius 1 is 1.20 bits per heavy atom. The smallest absolute Gasteiger partial charge is 0.309 e. The van der Waals surface area contributed by atoms with Crippen LogP contribution >= 0.6 is 0 Å². The highest BCUT2D eigenvalue weighted by molar-refractivity contribution is 6.35. The van der Waals surface area contributed by atoms with Crippen molar-refractivity contribution < 1.29 is 14.7 Å². The highest BCUT2D eigenvalue weighted by Gasteiger charge is 2.44. The zero-order valence-corrected chi connectivity index (χ0v) is 12.7. The largest absolute Gasteiger partial charge is 0.394 e. The Hall–Kier alpha value is -1.10. The zero-order valence-electron chi connectivity index (χ0n) is 12.7. The Labute approximate surface area is 120 Å². The van der Waals surface area contributed by atoms with Crippen molar-refractivity contribution in [1.82, 2.24) is 10.6 Å². The summed E-state index contributed by atoms with van der Waals surface area (Å²) < 4.78 is 0. The minimum absolute atomic E-state index is 0.0562. The van der Waals surface area contributed by atoms with Crippen molar-refractivity contribution in [3.8, 4) is 0 Å². The van der Waals surface area contributed by atoms with Crippen LogP contribution in [0.3, 0.4) is 0 Å². The van der Waals surface area contributed by atoms with Crippen LogP contribution in [-0.2, 0) is 9.59 Å². The second-order valence-corrected chi connectivity index (χ2v) is 7.49. The van der Waals surface area contributed by atoms with Crippen molar-refractivity contribution in [3.63, 3.8) is 0 Å². The number of rotatable bonds is 3. The van der Waals surface area contributed by atoms with E-state index in [0.29, 0.717) is 12.3 Å². The topological polar surface area (TPSA) is 78.4 Å². The molecule has 114 valence electrons. The molecule has 0 aliphatic heterocycles. The van der Waals surface area contributed by atoms with Crippen LogP contribution in [0.25, 0.3) is 0 Å². The van der Waals surface area contributed by atoms with Gasteiger partial charge in [0.2, 0.25) is 0 Å². The summed E-state index contributed by atoms with van der Waals surface area (Å²) in [5.41, 5.74) is -0.611. The van der Waals surface area contributed by atoms with Gasteiger partial charge >= 0.3 is 11.8 Å². The molecule has 0 aromatic rings. The number of nitrogens with one attached hydrogen (secondary N) is 2. The Morgan fingerprint density at radius 3 is 2.35 bits per heavy atom. The highest BCUT2D eigenvalue weighted by Crippen LogP contribution is 2.43. The van der Waals surface area contributed by atoms with E-state index in [2.05, 4.69) is 31.4 Å². The van der Waals surface area contributed by atoms with Gasteiger partial charge in [0.15, 0.2) is 0 Å². The monoisotopic (exact) mass is 282 g/mol. The lowest BCUT2D eigenvalue weighted by atomic mass is 9.64. The molecule has 5 nitrogen and oxygen atoms in total. The first-order valence-electron chi connectivity index (χ1n) is 7.49. The third-order valence-electron chi connectivity index (χ3n) is 4.26. The Bertz CT molecular complexity index is 404. The molecule has 0 spiro atoms. The van der Waals surface area contributed by atoms with E-state index in [4.69, 9.17) is 0 Å². The average Bonchev–Trinajstić information content (AvgIpc) is 3.09. The van der Waals surface area contributed by atoms with Gasteiger partial charge in [-0.25, -0.2) is 0 Å². The minimum Gasteiger partial charge on any atom is -0.394 e. The lowest BCUT2D eigenvalue weighted by Crippen LogP contribution is -2.59. The molecule has 2 aliphatic carbocycles. The molecule has 0 aromatic carbocycles. The summed E-state index contributed by atoms with van der Waals surface area (Å²) in [7, 11) is 0. The summed E-state index contributed by atoms with van der Waals surface area (Å²) >= 11 is 0. The van der Waals surface area contributed by atoms with E-state index < -0.39 is 17.4 Å². The molecule has 0 bridgehead atoms. The zero-order chi connectivity index (χ0) is 15.0. The molecule has 0 heterocycles. The Balaban J connectivity index is 2.02. The summed E-state index contributed by atoms with van der Waals surface area (Å²) in [4.78, 5) is 23.8. The summed E-state index contributed by atoms with van der Waals surface area (Å²) in [6.45, 7) is 6.29. The molecule has 2 fully saturated rings. The maximum Gasteiger partial charge on any atom is 0.309 e. The van der Waals surface area contributed by atoms with E-state index in [1.165, 1.54) is 0 Å². The normalized spacial score (nSPS) is 32.5.